The molecule has 2 N–H and O–H groups in total. The summed E-state index contributed by atoms with van der Waals surface area (Å²) in [5.41, 5.74) is 4.78. The van der Waals surface area contributed by atoms with Crippen LogP contribution in [0, 0.1) is 0 Å². The molecule has 0 spiro atoms. The van der Waals surface area contributed by atoms with Crippen LogP contribution >= 0.6 is 0 Å². The predicted octanol–water partition coefficient (Wildman–Crippen LogP) is 3.52. The molecule has 0 radical (unpaired) electrons. The first-order valence-electron chi connectivity index (χ1n) is 11.4. The van der Waals surface area contributed by atoms with Gasteiger partial charge in [-0.2, -0.15) is 5.10 Å². The average Bonchev–Trinajstić information content (AvgIpc) is 3.50. The predicted molar refractivity (Wildman–Crippen MR) is 129 cm³/mol. The van der Waals surface area contributed by atoms with E-state index < -0.39 is 0 Å². The highest BCUT2D eigenvalue weighted by molar-refractivity contribution is 5.98. The number of H-pyrrole nitrogens is 1. The van der Waals surface area contributed by atoms with Gasteiger partial charge >= 0.3 is 0 Å². The molecule has 5 rings (SSSR count). The molecule has 34 heavy (non-hydrogen) atoms. The van der Waals surface area contributed by atoms with Crippen molar-refractivity contribution < 1.29 is 14.3 Å². The molecule has 0 aliphatic carbocycles. The van der Waals surface area contributed by atoms with Crippen molar-refractivity contribution in [2.24, 2.45) is 0 Å². The number of aromatic amines is 1. The molecular formula is C26H27N5O3. The minimum Gasteiger partial charge on any atom is -0.497 e. The largest absolute Gasteiger partial charge is 0.497 e. The second-order valence-corrected chi connectivity index (χ2v) is 8.38. The molecular weight excluding hydrogens is 430 g/mol. The quantitative estimate of drug-likeness (QED) is 0.463. The summed E-state index contributed by atoms with van der Waals surface area (Å²) in [7, 11) is 1.62. The second-order valence-electron chi connectivity index (χ2n) is 8.38. The third kappa shape index (κ3) is 4.03. The standard InChI is InChI=1S/C26H27N5O3/c1-3-31-23-11-13-30(26(33)19-7-6-18-10-12-27-22(18)14-19)16-21(23)24(29-31)25(32)28-15-17-4-8-20(34-2)9-5-17/h4-10,12,14,27H,3,11,13,15-16H2,1-2H3,(H,28,32). The normalized spacial score (nSPS) is 13.1. The molecule has 0 fully saturated rings. The van der Waals surface area contributed by atoms with Crippen LogP contribution in [0.15, 0.2) is 54.7 Å². The van der Waals surface area contributed by atoms with Gasteiger partial charge in [0.1, 0.15) is 5.75 Å². The summed E-state index contributed by atoms with van der Waals surface area (Å²) in [6, 6.07) is 15.2. The molecule has 1 aliphatic heterocycles. The van der Waals surface area contributed by atoms with Gasteiger partial charge in [0, 0.05) is 54.6 Å². The summed E-state index contributed by atoms with van der Waals surface area (Å²) in [5.74, 6) is 0.489. The Hall–Kier alpha value is -4.07. The number of benzene rings is 2. The van der Waals surface area contributed by atoms with Crippen molar-refractivity contribution in [2.75, 3.05) is 13.7 Å². The third-order valence-electron chi connectivity index (χ3n) is 6.35. The molecule has 174 valence electrons. The maximum atomic E-state index is 13.3. The molecule has 8 heteroatoms. The van der Waals surface area contributed by atoms with Crippen molar-refractivity contribution in [2.45, 2.75) is 33.0 Å². The maximum absolute atomic E-state index is 13.3. The Morgan fingerprint density at radius 3 is 2.74 bits per heavy atom. The monoisotopic (exact) mass is 457 g/mol. The smallest absolute Gasteiger partial charge is 0.272 e. The molecule has 0 saturated heterocycles. The van der Waals surface area contributed by atoms with Crippen molar-refractivity contribution in [3.8, 4) is 5.75 Å². The van der Waals surface area contributed by atoms with Crippen LogP contribution in [0.3, 0.4) is 0 Å². The average molecular weight is 458 g/mol. The minimum absolute atomic E-state index is 0.0454. The summed E-state index contributed by atoms with van der Waals surface area (Å²) < 4.78 is 7.07. The van der Waals surface area contributed by atoms with Crippen molar-refractivity contribution in [1.29, 1.82) is 0 Å². The van der Waals surface area contributed by atoms with Crippen LogP contribution in [-0.4, -0.2) is 45.1 Å². The molecule has 0 saturated carbocycles. The fourth-order valence-electron chi connectivity index (χ4n) is 4.48. The molecule has 2 aromatic carbocycles. The number of carbonyl (C=O) groups is 2. The van der Waals surface area contributed by atoms with Crippen LogP contribution in [0.5, 0.6) is 5.75 Å². The van der Waals surface area contributed by atoms with Gasteiger partial charge in [-0.05, 0) is 48.2 Å². The summed E-state index contributed by atoms with van der Waals surface area (Å²) >= 11 is 0. The number of ether oxygens (including phenoxy) is 1. The second kappa shape index (κ2) is 9.05. The number of hydrogen-bond donors (Lipinski definition) is 2. The minimum atomic E-state index is -0.235. The van der Waals surface area contributed by atoms with Gasteiger partial charge in [0.05, 0.1) is 13.7 Å². The Bertz CT molecular complexity index is 1350. The molecule has 4 aromatic rings. The van der Waals surface area contributed by atoms with Crippen molar-refractivity contribution in [3.05, 3.63) is 82.8 Å². The summed E-state index contributed by atoms with van der Waals surface area (Å²) in [6.07, 6.45) is 2.53. The van der Waals surface area contributed by atoms with Gasteiger partial charge in [0.15, 0.2) is 5.69 Å². The maximum Gasteiger partial charge on any atom is 0.272 e. The van der Waals surface area contributed by atoms with E-state index in [0.717, 1.165) is 33.5 Å². The molecule has 3 heterocycles. The first kappa shape index (κ1) is 21.8. The number of fused-ring (bicyclic) bond motifs is 2. The zero-order valence-corrected chi connectivity index (χ0v) is 19.3. The number of hydrogen-bond acceptors (Lipinski definition) is 4. The fraction of sp³-hybridized carbons (Fsp3) is 0.269. The number of methoxy groups -OCH3 is 1. The van der Waals surface area contributed by atoms with Gasteiger partial charge in [-0.15, -0.1) is 0 Å². The number of aryl methyl sites for hydroxylation is 1. The van der Waals surface area contributed by atoms with Crippen molar-refractivity contribution in [3.63, 3.8) is 0 Å². The van der Waals surface area contributed by atoms with E-state index in [0.29, 0.717) is 43.9 Å². The summed E-state index contributed by atoms with van der Waals surface area (Å²) in [6.45, 7) is 4.02. The molecule has 2 aromatic heterocycles. The van der Waals surface area contributed by atoms with Crippen LogP contribution < -0.4 is 10.1 Å². The number of nitrogens with zero attached hydrogens (tertiary/aromatic N) is 3. The zero-order chi connectivity index (χ0) is 23.7. The Kier molecular flexibility index (Phi) is 5.79. The SMILES string of the molecule is CCn1nc(C(=O)NCc2ccc(OC)cc2)c2c1CCN(C(=O)c1ccc3cc[nH]c3c1)C2. The van der Waals surface area contributed by atoms with Gasteiger partial charge in [-0.1, -0.05) is 18.2 Å². The van der Waals surface area contributed by atoms with Crippen LogP contribution in [0.4, 0.5) is 0 Å². The summed E-state index contributed by atoms with van der Waals surface area (Å²) in [4.78, 5) is 31.3. The van der Waals surface area contributed by atoms with Crippen LogP contribution in [0.25, 0.3) is 10.9 Å². The van der Waals surface area contributed by atoms with Crippen LogP contribution in [0.2, 0.25) is 0 Å². The Morgan fingerprint density at radius 2 is 1.97 bits per heavy atom. The number of aromatic nitrogens is 3. The summed E-state index contributed by atoms with van der Waals surface area (Å²) in [5, 5.41) is 8.63. The molecule has 2 amide bonds. The lowest BCUT2D eigenvalue weighted by Crippen LogP contribution is -2.37. The molecule has 0 atom stereocenters. The lowest BCUT2D eigenvalue weighted by atomic mass is 10.0. The fourth-order valence-corrected chi connectivity index (χ4v) is 4.48. The van der Waals surface area contributed by atoms with E-state index >= 15 is 0 Å². The Balaban J connectivity index is 1.35. The van der Waals surface area contributed by atoms with Crippen molar-refractivity contribution >= 4 is 22.7 Å². The first-order valence-corrected chi connectivity index (χ1v) is 11.4. The Morgan fingerprint density at radius 1 is 1.15 bits per heavy atom. The van der Waals surface area contributed by atoms with Gasteiger partial charge in [0.2, 0.25) is 0 Å². The van der Waals surface area contributed by atoms with Gasteiger partial charge in [-0.25, -0.2) is 0 Å². The topological polar surface area (TPSA) is 92.2 Å². The third-order valence-corrected chi connectivity index (χ3v) is 6.35. The van der Waals surface area contributed by atoms with E-state index in [1.807, 2.05) is 66.3 Å². The number of carbonyl (C=O) groups excluding carboxylic acids is 2. The van der Waals surface area contributed by atoms with Gasteiger partial charge < -0.3 is 19.9 Å². The van der Waals surface area contributed by atoms with E-state index in [2.05, 4.69) is 15.4 Å². The molecule has 0 unspecified atom stereocenters. The number of rotatable bonds is 6. The van der Waals surface area contributed by atoms with E-state index in [4.69, 9.17) is 4.74 Å². The van der Waals surface area contributed by atoms with E-state index in [-0.39, 0.29) is 11.8 Å². The number of nitrogens with one attached hydrogen (secondary N) is 2. The van der Waals surface area contributed by atoms with Crippen molar-refractivity contribution in [1.82, 2.24) is 25.0 Å². The molecule has 8 nitrogen and oxygen atoms in total. The van der Waals surface area contributed by atoms with E-state index in [9.17, 15) is 9.59 Å². The van der Waals surface area contributed by atoms with E-state index in [1.54, 1.807) is 12.0 Å². The molecule has 1 aliphatic rings. The Labute approximate surface area is 197 Å². The van der Waals surface area contributed by atoms with E-state index in [1.165, 1.54) is 0 Å². The highest BCUT2D eigenvalue weighted by Crippen LogP contribution is 2.25. The van der Waals surface area contributed by atoms with Gasteiger partial charge in [0.25, 0.3) is 11.8 Å². The zero-order valence-electron chi connectivity index (χ0n) is 19.3. The lowest BCUT2D eigenvalue weighted by molar-refractivity contribution is 0.0730. The highest BCUT2D eigenvalue weighted by Gasteiger charge is 2.30. The lowest BCUT2D eigenvalue weighted by Gasteiger charge is -2.28. The van der Waals surface area contributed by atoms with Gasteiger partial charge in [-0.3, -0.25) is 14.3 Å². The van der Waals surface area contributed by atoms with Crippen LogP contribution in [-0.2, 0) is 26.1 Å². The first-order chi connectivity index (χ1) is 16.6. The molecule has 0 bridgehead atoms. The highest BCUT2D eigenvalue weighted by atomic mass is 16.5. The number of amides is 2. The van der Waals surface area contributed by atoms with Crippen LogP contribution in [0.1, 0.15) is 44.6 Å².